The number of rotatable bonds is 4. The van der Waals surface area contributed by atoms with Crippen molar-refractivity contribution in [3.63, 3.8) is 0 Å². The molecule has 0 fully saturated rings. The lowest BCUT2D eigenvalue weighted by molar-refractivity contribution is 0.102. The van der Waals surface area contributed by atoms with E-state index in [1.54, 1.807) is 36.4 Å². The lowest BCUT2D eigenvalue weighted by Gasteiger charge is -2.17. The molecule has 2 N–H and O–H groups in total. The zero-order chi connectivity index (χ0) is 18.7. The van der Waals surface area contributed by atoms with Crippen LogP contribution in [0.15, 0.2) is 66.7 Å². The normalized spacial score (nSPS) is 11.8. The Morgan fingerprint density at radius 3 is 2.42 bits per heavy atom. The van der Waals surface area contributed by atoms with Gasteiger partial charge in [-0.2, -0.15) is 0 Å². The predicted octanol–water partition coefficient (Wildman–Crippen LogP) is 5.64. The molecule has 5 heteroatoms. The standard InChI is InChI=1S/C21H17Cl2NO2/c1-13-7-8-15(11-18(13)23)21(26)24-19-10-9-16(22)12-17(19)20(25)14-5-3-2-4-6-14/h2-12,20,25H,1H3,(H,24,26)/t20-/m1/s1. The van der Waals surface area contributed by atoms with Gasteiger partial charge in [-0.3, -0.25) is 4.79 Å². The zero-order valence-corrected chi connectivity index (χ0v) is 15.6. The van der Waals surface area contributed by atoms with Gasteiger partial charge in [-0.05, 0) is 48.4 Å². The number of aliphatic hydroxyl groups excluding tert-OH is 1. The van der Waals surface area contributed by atoms with E-state index < -0.39 is 6.10 Å². The van der Waals surface area contributed by atoms with Gasteiger partial charge in [-0.15, -0.1) is 0 Å². The molecule has 0 heterocycles. The van der Waals surface area contributed by atoms with E-state index >= 15 is 0 Å². The summed E-state index contributed by atoms with van der Waals surface area (Å²) >= 11 is 12.2. The van der Waals surface area contributed by atoms with Crippen molar-refractivity contribution in [3.05, 3.63) is 99.0 Å². The minimum atomic E-state index is -0.910. The Hall–Kier alpha value is -2.33. The number of carbonyl (C=O) groups is 1. The molecule has 0 saturated carbocycles. The number of nitrogens with one attached hydrogen (secondary N) is 1. The van der Waals surface area contributed by atoms with E-state index in [1.807, 2.05) is 37.3 Å². The van der Waals surface area contributed by atoms with Gasteiger partial charge >= 0.3 is 0 Å². The van der Waals surface area contributed by atoms with Gasteiger partial charge in [-0.25, -0.2) is 0 Å². The summed E-state index contributed by atoms with van der Waals surface area (Å²) in [6, 6.07) is 19.3. The Labute approximate surface area is 162 Å². The fourth-order valence-corrected chi connectivity index (χ4v) is 2.98. The molecule has 3 aromatic rings. The molecule has 3 nitrogen and oxygen atoms in total. The highest BCUT2D eigenvalue weighted by molar-refractivity contribution is 6.32. The van der Waals surface area contributed by atoms with Crippen molar-refractivity contribution in [2.75, 3.05) is 5.32 Å². The van der Waals surface area contributed by atoms with Crippen LogP contribution >= 0.6 is 23.2 Å². The molecule has 0 saturated heterocycles. The Morgan fingerprint density at radius 1 is 1.00 bits per heavy atom. The van der Waals surface area contributed by atoms with E-state index in [0.29, 0.717) is 32.4 Å². The summed E-state index contributed by atoms with van der Waals surface area (Å²) in [7, 11) is 0. The summed E-state index contributed by atoms with van der Waals surface area (Å²) in [5, 5.41) is 14.6. The third-order valence-corrected chi connectivity index (χ3v) is 4.75. The SMILES string of the molecule is Cc1ccc(C(=O)Nc2ccc(Cl)cc2[C@H](O)c2ccccc2)cc1Cl. The third-order valence-electron chi connectivity index (χ3n) is 4.11. The molecule has 26 heavy (non-hydrogen) atoms. The number of amides is 1. The first-order valence-electron chi connectivity index (χ1n) is 8.05. The quantitative estimate of drug-likeness (QED) is 0.610. The fourth-order valence-electron chi connectivity index (χ4n) is 2.62. The predicted molar refractivity (Wildman–Crippen MR) is 106 cm³/mol. The van der Waals surface area contributed by atoms with Crippen LogP contribution in [0.25, 0.3) is 0 Å². The van der Waals surface area contributed by atoms with Crippen molar-refractivity contribution in [2.24, 2.45) is 0 Å². The van der Waals surface area contributed by atoms with Crippen molar-refractivity contribution in [1.29, 1.82) is 0 Å². The molecule has 0 bridgehead atoms. The molecular weight excluding hydrogens is 369 g/mol. The maximum atomic E-state index is 12.6. The van der Waals surface area contributed by atoms with Crippen LogP contribution in [0.3, 0.4) is 0 Å². The van der Waals surface area contributed by atoms with Crippen LogP contribution in [0.4, 0.5) is 5.69 Å². The summed E-state index contributed by atoms with van der Waals surface area (Å²) in [6.07, 6.45) is -0.910. The number of aryl methyl sites for hydroxylation is 1. The Balaban J connectivity index is 1.92. The summed E-state index contributed by atoms with van der Waals surface area (Å²) in [6.45, 7) is 1.87. The second-order valence-corrected chi connectivity index (χ2v) is 6.81. The van der Waals surface area contributed by atoms with Crippen molar-refractivity contribution in [2.45, 2.75) is 13.0 Å². The average Bonchev–Trinajstić information content (AvgIpc) is 2.65. The molecular formula is C21H17Cl2NO2. The van der Waals surface area contributed by atoms with Crippen molar-refractivity contribution >= 4 is 34.8 Å². The van der Waals surface area contributed by atoms with Crippen LogP contribution in [0.1, 0.15) is 33.2 Å². The summed E-state index contributed by atoms with van der Waals surface area (Å²) in [5.41, 5.74) is 3.07. The van der Waals surface area contributed by atoms with E-state index in [0.717, 1.165) is 5.56 Å². The van der Waals surface area contributed by atoms with Gasteiger partial charge < -0.3 is 10.4 Å². The van der Waals surface area contributed by atoms with Gasteiger partial charge in [0, 0.05) is 26.9 Å². The van der Waals surface area contributed by atoms with Gasteiger partial charge in [0.05, 0.1) is 0 Å². The van der Waals surface area contributed by atoms with Gasteiger partial charge in [0.15, 0.2) is 0 Å². The third kappa shape index (κ3) is 4.07. The summed E-state index contributed by atoms with van der Waals surface area (Å²) in [5.74, 6) is -0.310. The van der Waals surface area contributed by atoms with E-state index in [4.69, 9.17) is 23.2 Å². The van der Waals surface area contributed by atoms with Crippen molar-refractivity contribution in [3.8, 4) is 0 Å². The lowest BCUT2D eigenvalue weighted by Crippen LogP contribution is -2.15. The first-order valence-corrected chi connectivity index (χ1v) is 8.81. The maximum Gasteiger partial charge on any atom is 0.255 e. The highest BCUT2D eigenvalue weighted by Gasteiger charge is 2.17. The van der Waals surface area contributed by atoms with Crippen LogP contribution in [0, 0.1) is 6.92 Å². The number of hydrogen-bond donors (Lipinski definition) is 2. The summed E-state index contributed by atoms with van der Waals surface area (Å²) < 4.78 is 0. The molecule has 1 amide bonds. The van der Waals surface area contributed by atoms with Gasteiger partial charge in [0.1, 0.15) is 6.10 Å². The Bertz CT molecular complexity index is 942. The first kappa shape index (κ1) is 18.5. The maximum absolute atomic E-state index is 12.6. The molecule has 0 aliphatic rings. The number of anilines is 1. The van der Waals surface area contributed by atoms with E-state index in [-0.39, 0.29) is 5.91 Å². The zero-order valence-electron chi connectivity index (χ0n) is 14.0. The monoisotopic (exact) mass is 385 g/mol. The fraction of sp³-hybridized carbons (Fsp3) is 0.0952. The molecule has 0 spiro atoms. The van der Waals surface area contributed by atoms with Gasteiger partial charge in [-0.1, -0.05) is 59.6 Å². The van der Waals surface area contributed by atoms with E-state index in [1.165, 1.54) is 0 Å². The molecule has 0 aromatic heterocycles. The second kappa shape index (κ2) is 7.92. The van der Waals surface area contributed by atoms with E-state index in [2.05, 4.69) is 5.32 Å². The van der Waals surface area contributed by atoms with Crippen molar-refractivity contribution in [1.82, 2.24) is 0 Å². The number of aliphatic hydroxyl groups is 1. The Morgan fingerprint density at radius 2 is 1.73 bits per heavy atom. The smallest absolute Gasteiger partial charge is 0.255 e. The molecule has 1 atom stereocenters. The molecule has 3 aromatic carbocycles. The number of hydrogen-bond acceptors (Lipinski definition) is 2. The first-order chi connectivity index (χ1) is 12.5. The van der Waals surface area contributed by atoms with Crippen LogP contribution in [-0.2, 0) is 0 Å². The average molecular weight is 386 g/mol. The van der Waals surface area contributed by atoms with Crippen LogP contribution in [-0.4, -0.2) is 11.0 Å². The molecule has 0 aliphatic heterocycles. The highest BCUT2D eigenvalue weighted by Crippen LogP contribution is 2.31. The Kier molecular flexibility index (Phi) is 5.62. The van der Waals surface area contributed by atoms with Gasteiger partial charge in [0.2, 0.25) is 0 Å². The van der Waals surface area contributed by atoms with Crippen LogP contribution < -0.4 is 5.32 Å². The summed E-state index contributed by atoms with van der Waals surface area (Å²) in [4.78, 5) is 12.6. The molecule has 132 valence electrons. The topological polar surface area (TPSA) is 49.3 Å². The molecule has 0 radical (unpaired) electrons. The molecule has 0 unspecified atom stereocenters. The number of benzene rings is 3. The van der Waals surface area contributed by atoms with E-state index in [9.17, 15) is 9.90 Å². The minimum absolute atomic E-state index is 0.310. The number of carbonyl (C=O) groups excluding carboxylic acids is 1. The lowest BCUT2D eigenvalue weighted by atomic mass is 9.99. The largest absolute Gasteiger partial charge is 0.384 e. The number of halogens is 2. The van der Waals surface area contributed by atoms with Gasteiger partial charge in [0.25, 0.3) is 5.91 Å². The second-order valence-electron chi connectivity index (χ2n) is 5.96. The molecule has 3 rings (SSSR count). The molecule has 0 aliphatic carbocycles. The van der Waals surface area contributed by atoms with Crippen molar-refractivity contribution < 1.29 is 9.90 Å². The van der Waals surface area contributed by atoms with Crippen LogP contribution in [0.5, 0.6) is 0 Å². The minimum Gasteiger partial charge on any atom is -0.384 e. The van der Waals surface area contributed by atoms with Crippen LogP contribution in [0.2, 0.25) is 10.0 Å². The highest BCUT2D eigenvalue weighted by atomic mass is 35.5.